The van der Waals surface area contributed by atoms with Crippen molar-refractivity contribution in [3.63, 3.8) is 0 Å². The summed E-state index contributed by atoms with van der Waals surface area (Å²) in [7, 11) is 0. The van der Waals surface area contributed by atoms with Gasteiger partial charge in [0, 0.05) is 6.07 Å². The standard InChI is InChI=1S/C17H19F2NO5/c18-12-5-11(16(21)22)15(6-13(12)19)25-10-2-1-8-7-20-14(17(23)24)4-9(8)3-10/h5-6,8-10,14,20H,1-4,7H2,(H,21,22)(H,23,24)/t8-,9-,10-,14-/m0/s1. The Kier molecular flexibility index (Phi) is 4.89. The molecule has 0 radical (unpaired) electrons. The number of aromatic carboxylic acids is 1. The van der Waals surface area contributed by atoms with Crippen molar-refractivity contribution >= 4 is 11.9 Å². The normalized spacial score (nSPS) is 28.9. The van der Waals surface area contributed by atoms with Gasteiger partial charge in [-0.3, -0.25) is 4.79 Å². The summed E-state index contributed by atoms with van der Waals surface area (Å²) >= 11 is 0. The highest BCUT2D eigenvalue weighted by Crippen LogP contribution is 2.38. The van der Waals surface area contributed by atoms with E-state index in [0.717, 1.165) is 12.5 Å². The highest BCUT2D eigenvalue weighted by Gasteiger charge is 2.38. The summed E-state index contributed by atoms with van der Waals surface area (Å²) in [5.74, 6) is -4.40. The number of carboxylic acid groups (broad SMARTS) is 2. The molecule has 0 spiro atoms. The summed E-state index contributed by atoms with van der Waals surface area (Å²) < 4.78 is 32.4. The molecule has 2 aliphatic rings. The molecule has 0 bridgehead atoms. The van der Waals surface area contributed by atoms with Gasteiger partial charge >= 0.3 is 11.9 Å². The number of rotatable bonds is 4. The zero-order valence-corrected chi connectivity index (χ0v) is 13.4. The molecule has 136 valence electrons. The van der Waals surface area contributed by atoms with Gasteiger partial charge in [-0.15, -0.1) is 0 Å². The van der Waals surface area contributed by atoms with Crippen molar-refractivity contribution in [2.24, 2.45) is 11.8 Å². The zero-order chi connectivity index (χ0) is 18.1. The summed E-state index contributed by atoms with van der Waals surface area (Å²) in [5.41, 5.74) is -0.422. The fourth-order valence-corrected chi connectivity index (χ4v) is 3.79. The molecule has 0 unspecified atom stereocenters. The molecule has 1 heterocycles. The van der Waals surface area contributed by atoms with Crippen molar-refractivity contribution in [2.45, 2.75) is 37.8 Å². The molecule has 4 atom stereocenters. The van der Waals surface area contributed by atoms with Crippen LogP contribution in [0.1, 0.15) is 36.0 Å². The van der Waals surface area contributed by atoms with Crippen LogP contribution in [-0.2, 0) is 4.79 Å². The molecule has 3 rings (SSSR count). The van der Waals surface area contributed by atoms with E-state index in [-0.39, 0.29) is 17.8 Å². The molecule has 1 saturated carbocycles. The van der Waals surface area contributed by atoms with Crippen molar-refractivity contribution in [1.82, 2.24) is 5.32 Å². The van der Waals surface area contributed by atoms with Crippen LogP contribution in [0.25, 0.3) is 0 Å². The lowest BCUT2D eigenvalue weighted by molar-refractivity contribution is -0.141. The van der Waals surface area contributed by atoms with Crippen molar-refractivity contribution in [3.8, 4) is 5.75 Å². The maximum atomic E-state index is 13.5. The number of piperidine rings is 1. The van der Waals surface area contributed by atoms with Crippen LogP contribution < -0.4 is 10.1 Å². The average Bonchev–Trinajstić information content (AvgIpc) is 2.57. The molecular weight excluding hydrogens is 336 g/mol. The van der Waals surface area contributed by atoms with Gasteiger partial charge in [0.1, 0.15) is 17.4 Å². The summed E-state index contributed by atoms with van der Waals surface area (Å²) in [4.78, 5) is 22.4. The van der Waals surface area contributed by atoms with Crippen molar-refractivity contribution in [1.29, 1.82) is 0 Å². The van der Waals surface area contributed by atoms with Crippen molar-refractivity contribution in [3.05, 3.63) is 29.3 Å². The lowest BCUT2D eigenvalue weighted by atomic mass is 9.72. The van der Waals surface area contributed by atoms with Gasteiger partial charge in [-0.2, -0.15) is 0 Å². The van der Waals surface area contributed by atoms with Crippen LogP contribution in [0.3, 0.4) is 0 Å². The number of hydrogen-bond donors (Lipinski definition) is 3. The molecule has 1 aromatic rings. The van der Waals surface area contributed by atoms with Crippen LogP contribution in [-0.4, -0.2) is 40.8 Å². The lowest BCUT2D eigenvalue weighted by Gasteiger charge is -2.41. The SMILES string of the molecule is O=C(O)c1cc(F)c(F)cc1O[C@H]1CC[C@H]2CN[C@H](C(=O)O)C[C@@H]2C1. The van der Waals surface area contributed by atoms with Crippen molar-refractivity contribution in [2.75, 3.05) is 6.54 Å². The Labute approximate surface area is 142 Å². The largest absolute Gasteiger partial charge is 0.489 e. The third-order valence-corrected chi connectivity index (χ3v) is 5.10. The first-order chi connectivity index (χ1) is 11.8. The summed E-state index contributed by atoms with van der Waals surface area (Å²) in [6.07, 6.45) is 2.15. The van der Waals surface area contributed by atoms with E-state index < -0.39 is 35.2 Å². The zero-order valence-electron chi connectivity index (χ0n) is 13.4. The molecule has 3 N–H and O–H groups in total. The van der Waals surface area contributed by atoms with Crippen LogP contribution in [0, 0.1) is 23.5 Å². The minimum Gasteiger partial charge on any atom is -0.489 e. The van der Waals surface area contributed by atoms with E-state index in [4.69, 9.17) is 14.9 Å². The number of halogens is 2. The molecule has 25 heavy (non-hydrogen) atoms. The highest BCUT2D eigenvalue weighted by atomic mass is 19.2. The smallest absolute Gasteiger partial charge is 0.339 e. The number of carboxylic acids is 2. The first-order valence-corrected chi connectivity index (χ1v) is 8.20. The minimum absolute atomic E-state index is 0.139. The number of fused-ring (bicyclic) bond motifs is 1. The van der Waals surface area contributed by atoms with Crippen LogP contribution in [0.2, 0.25) is 0 Å². The number of nitrogens with one attached hydrogen (secondary N) is 1. The van der Waals surface area contributed by atoms with Gasteiger partial charge in [0.05, 0.1) is 6.10 Å². The number of carbonyl (C=O) groups is 2. The topological polar surface area (TPSA) is 95.9 Å². The van der Waals surface area contributed by atoms with E-state index in [9.17, 15) is 18.4 Å². The fraction of sp³-hybridized carbons (Fsp3) is 0.529. The predicted octanol–water partition coefficient (Wildman–Crippen LogP) is 2.27. The Morgan fingerprint density at radius 3 is 2.48 bits per heavy atom. The van der Waals surface area contributed by atoms with E-state index in [1.807, 2.05) is 0 Å². The van der Waals surface area contributed by atoms with Crippen LogP contribution in [0.15, 0.2) is 12.1 Å². The van der Waals surface area contributed by atoms with Crippen LogP contribution in [0.4, 0.5) is 8.78 Å². The fourth-order valence-electron chi connectivity index (χ4n) is 3.79. The summed E-state index contributed by atoms with van der Waals surface area (Å²) in [5, 5.41) is 21.3. The van der Waals surface area contributed by atoms with E-state index in [2.05, 4.69) is 5.32 Å². The Hall–Kier alpha value is -2.22. The highest BCUT2D eigenvalue weighted by molar-refractivity contribution is 5.90. The number of aliphatic carboxylic acids is 1. The van der Waals surface area contributed by atoms with E-state index >= 15 is 0 Å². The number of hydrogen-bond acceptors (Lipinski definition) is 4. The van der Waals surface area contributed by atoms with E-state index in [1.54, 1.807) is 0 Å². The Morgan fingerprint density at radius 2 is 1.80 bits per heavy atom. The van der Waals surface area contributed by atoms with Crippen LogP contribution >= 0.6 is 0 Å². The second-order valence-corrected chi connectivity index (χ2v) is 6.68. The van der Waals surface area contributed by atoms with Crippen LogP contribution in [0.5, 0.6) is 5.75 Å². The Bertz CT molecular complexity index is 696. The molecular formula is C17H19F2NO5. The molecule has 0 aromatic heterocycles. The molecule has 1 aromatic carbocycles. The predicted molar refractivity (Wildman–Crippen MR) is 82.6 cm³/mol. The Morgan fingerprint density at radius 1 is 1.08 bits per heavy atom. The first-order valence-electron chi connectivity index (χ1n) is 8.20. The number of benzene rings is 1. The second kappa shape index (κ2) is 6.95. The first kappa shape index (κ1) is 17.6. The van der Waals surface area contributed by atoms with Gasteiger partial charge < -0.3 is 20.3 Å². The molecule has 0 amide bonds. The molecule has 8 heteroatoms. The Balaban J connectivity index is 1.73. The quantitative estimate of drug-likeness (QED) is 0.767. The third-order valence-electron chi connectivity index (χ3n) is 5.10. The van der Waals surface area contributed by atoms with Gasteiger partial charge in [-0.25, -0.2) is 13.6 Å². The maximum Gasteiger partial charge on any atom is 0.339 e. The summed E-state index contributed by atoms with van der Waals surface area (Å²) in [6.45, 7) is 0.625. The van der Waals surface area contributed by atoms with E-state index in [0.29, 0.717) is 37.8 Å². The molecule has 1 aliphatic carbocycles. The summed E-state index contributed by atoms with van der Waals surface area (Å²) in [6, 6.07) is 0.773. The van der Waals surface area contributed by atoms with Gasteiger partial charge in [0.2, 0.25) is 0 Å². The lowest BCUT2D eigenvalue weighted by Crippen LogP contribution is -2.50. The van der Waals surface area contributed by atoms with Gasteiger partial charge in [-0.05, 0) is 50.1 Å². The third kappa shape index (κ3) is 3.73. The maximum absolute atomic E-state index is 13.5. The monoisotopic (exact) mass is 355 g/mol. The van der Waals surface area contributed by atoms with Gasteiger partial charge in [0.25, 0.3) is 0 Å². The molecule has 2 fully saturated rings. The number of ether oxygens (including phenoxy) is 1. The average molecular weight is 355 g/mol. The molecule has 1 aliphatic heterocycles. The molecule has 6 nitrogen and oxygen atoms in total. The van der Waals surface area contributed by atoms with Crippen molar-refractivity contribution < 1.29 is 33.3 Å². The second-order valence-electron chi connectivity index (χ2n) is 6.68. The van der Waals surface area contributed by atoms with Gasteiger partial charge in [0.15, 0.2) is 11.6 Å². The van der Waals surface area contributed by atoms with E-state index in [1.165, 1.54) is 0 Å². The minimum atomic E-state index is -1.39. The van der Waals surface area contributed by atoms with Gasteiger partial charge in [-0.1, -0.05) is 0 Å². The molecule has 1 saturated heterocycles.